The maximum absolute atomic E-state index is 6.00. The van der Waals surface area contributed by atoms with Crippen molar-refractivity contribution < 1.29 is 4.74 Å². The lowest BCUT2D eigenvalue weighted by Crippen LogP contribution is -1.88. The van der Waals surface area contributed by atoms with Crippen LogP contribution >= 0.6 is 34.2 Å². The van der Waals surface area contributed by atoms with Gasteiger partial charge in [0.25, 0.3) is 0 Å². The van der Waals surface area contributed by atoms with Crippen LogP contribution in [0, 0.1) is 3.57 Å². The van der Waals surface area contributed by atoms with Gasteiger partial charge in [0.1, 0.15) is 11.5 Å². The van der Waals surface area contributed by atoms with Crippen LogP contribution in [0.2, 0.25) is 5.02 Å². The van der Waals surface area contributed by atoms with E-state index >= 15 is 0 Å². The Morgan fingerprint density at radius 1 is 1.06 bits per heavy atom. The molecule has 4 heteroatoms. The van der Waals surface area contributed by atoms with Crippen molar-refractivity contribution in [1.82, 2.24) is 0 Å². The predicted octanol–water partition coefficient (Wildman–Crippen LogP) is 4.32. The molecule has 0 amide bonds. The maximum atomic E-state index is 6.00. The minimum Gasteiger partial charge on any atom is -0.456 e. The lowest BCUT2D eigenvalue weighted by Gasteiger charge is -2.07. The predicted molar refractivity (Wildman–Crippen MR) is 75.1 cm³/mol. The van der Waals surface area contributed by atoms with Crippen LogP contribution in [-0.2, 0) is 0 Å². The molecule has 0 fully saturated rings. The first-order valence-electron chi connectivity index (χ1n) is 4.63. The van der Waals surface area contributed by atoms with E-state index in [9.17, 15) is 0 Å². The van der Waals surface area contributed by atoms with Crippen LogP contribution in [0.15, 0.2) is 42.5 Å². The smallest absolute Gasteiger partial charge is 0.146 e. The van der Waals surface area contributed by atoms with Gasteiger partial charge in [-0.25, -0.2) is 0 Å². The highest BCUT2D eigenvalue weighted by atomic mass is 127. The molecule has 0 aromatic heterocycles. The SMILES string of the molecule is Nc1ccc(Oc2ccc(I)cc2)c(Cl)c1. The Labute approximate surface area is 113 Å². The number of halogens is 2. The quantitative estimate of drug-likeness (QED) is 0.650. The summed E-state index contributed by atoms with van der Waals surface area (Å²) in [6.45, 7) is 0. The minimum absolute atomic E-state index is 0.513. The van der Waals surface area contributed by atoms with Crippen LogP contribution < -0.4 is 10.5 Å². The Bertz CT molecular complexity index is 499. The van der Waals surface area contributed by atoms with Crippen molar-refractivity contribution in [3.8, 4) is 11.5 Å². The van der Waals surface area contributed by atoms with E-state index in [0.717, 1.165) is 9.32 Å². The Morgan fingerprint density at radius 3 is 2.38 bits per heavy atom. The number of anilines is 1. The van der Waals surface area contributed by atoms with E-state index in [-0.39, 0.29) is 0 Å². The number of rotatable bonds is 2. The average Bonchev–Trinajstić information content (AvgIpc) is 2.25. The molecule has 0 unspecified atom stereocenters. The van der Waals surface area contributed by atoms with Gasteiger partial charge in [0.15, 0.2) is 0 Å². The molecule has 2 nitrogen and oxygen atoms in total. The van der Waals surface area contributed by atoms with Gasteiger partial charge in [-0.05, 0) is 65.1 Å². The van der Waals surface area contributed by atoms with E-state index < -0.39 is 0 Å². The largest absolute Gasteiger partial charge is 0.456 e. The van der Waals surface area contributed by atoms with E-state index in [1.54, 1.807) is 18.2 Å². The van der Waals surface area contributed by atoms with Crippen molar-refractivity contribution in [2.45, 2.75) is 0 Å². The first-order chi connectivity index (χ1) is 7.65. The summed E-state index contributed by atoms with van der Waals surface area (Å²) in [5, 5.41) is 0.513. The summed E-state index contributed by atoms with van der Waals surface area (Å²) in [6.07, 6.45) is 0. The molecule has 0 aliphatic rings. The van der Waals surface area contributed by atoms with Crippen molar-refractivity contribution in [1.29, 1.82) is 0 Å². The molecule has 0 aliphatic heterocycles. The molecule has 0 heterocycles. The van der Waals surface area contributed by atoms with Gasteiger partial charge in [-0.2, -0.15) is 0 Å². The van der Waals surface area contributed by atoms with Crippen molar-refractivity contribution in [3.63, 3.8) is 0 Å². The Balaban J connectivity index is 2.23. The summed E-state index contributed by atoms with van der Waals surface area (Å²) in [4.78, 5) is 0. The number of hydrogen-bond donors (Lipinski definition) is 1. The highest BCUT2D eigenvalue weighted by Gasteiger charge is 2.03. The van der Waals surface area contributed by atoms with Crippen molar-refractivity contribution >= 4 is 39.9 Å². The van der Waals surface area contributed by atoms with Gasteiger partial charge in [-0.3, -0.25) is 0 Å². The highest BCUT2D eigenvalue weighted by Crippen LogP contribution is 2.30. The Morgan fingerprint density at radius 2 is 1.75 bits per heavy atom. The third kappa shape index (κ3) is 2.80. The van der Waals surface area contributed by atoms with E-state index in [2.05, 4.69) is 22.6 Å². The molecular formula is C12H9ClINO. The van der Waals surface area contributed by atoms with Gasteiger partial charge in [-0.1, -0.05) is 11.6 Å². The normalized spacial score (nSPS) is 10.1. The van der Waals surface area contributed by atoms with Gasteiger partial charge in [0.2, 0.25) is 0 Å². The van der Waals surface area contributed by atoms with E-state index in [4.69, 9.17) is 22.1 Å². The Kier molecular flexibility index (Phi) is 3.56. The zero-order valence-electron chi connectivity index (χ0n) is 8.28. The zero-order chi connectivity index (χ0) is 11.5. The third-order valence-electron chi connectivity index (χ3n) is 2.00. The number of hydrogen-bond acceptors (Lipinski definition) is 2. The second kappa shape index (κ2) is 4.93. The van der Waals surface area contributed by atoms with E-state index in [1.807, 2.05) is 24.3 Å². The maximum Gasteiger partial charge on any atom is 0.146 e. The van der Waals surface area contributed by atoms with Gasteiger partial charge < -0.3 is 10.5 Å². The van der Waals surface area contributed by atoms with Crippen LogP contribution in [0.25, 0.3) is 0 Å². The van der Waals surface area contributed by atoms with Crippen LogP contribution in [0.1, 0.15) is 0 Å². The number of nitrogens with two attached hydrogens (primary N) is 1. The molecular weight excluding hydrogens is 336 g/mol. The fraction of sp³-hybridized carbons (Fsp3) is 0. The summed E-state index contributed by atoms with van der Waals surface area (Å²) >= 11 is 8.24. The van der Waals surface area contributed by atoms with Gasteiger partial charge >= 0.3 is 0 Å². The summed E-state index contributed by atoms with van der Waals surface area (Å²) < 4.78 is 6.79. The molecule has 0 radical (unpaired) electrons. The average molecular weight is 346 g/mol. The van der Waals surface area contributed by atoms with Crippen LogP contribution in [0.3, 0.4) is 0 Å². The van der Waals surface area contributed by atoms with Crippen LogP contribution in [0.5, 0.6) is 11.5 Å². The third-order valence-corrected chi connectivity index (χ3v) is 3.01. The Hall–Kier alpha value is -0.940. The minimum atomic E-state index is 0.513. The second-order valence-electron chi connectivity index (χ2n) is 3.25. The molecule has 2 rings (SSSR count). The standard InChI is InChI=1S/C12H9ClINO/c13-11-7-9(15)3-6-12(11)16-10-4-1-8(14)2-5-10/h1-7H,15H2. The van der Waals surface area contributed by atoms with Crippen LogP contribution in [-0.4, -0.2) is 0 Å². The van der Waals surface area contributed by atoms with Crippen LogP contribution in [0.4, 0.5) is 5.69 Å². The second-order valence-corrected chi connectivity index (χ2v) is 4.90. The number of nitrogen functional groups attached to an aromatic ring is 1. The first kappa shape index (κ1) is 11.5. The van der Waals surface area contributed by atoms with Gasteiger partial charge in [-0.15, -0.1) is 0 Å². The fourth-order valence-electron chi connectivity index (χ4n) is 1.23. The van der Waals surface area contributed by atoms with Crippen molar-refractivity contribution in [3.05, 3.63) is 51.1 Å². The van der Waals surface area contributed by atoms with Crippen molar-refractivity contribution in [2.24, 2.45) is 0 Å². The molecule has 0 atom stereocenters. The summed E-state index contributed by atoms with van der Waals surface area (Å²) in [7, 11) is 0. The lowest BCUT2D eigenvalue weighted by molar-refractivity contribution is 0.483. The molecule has 2 N–H and O–H groups in total. The van der Waals surface area contributed by atoms with E-state index in [1.165, 1.54) is 0 Å². The van der Waals surface area contributed by atoms with E-state index in [0.29, 0.717) is 16.5 Å². The molecule has 16 heavy (non-hydrogen) atoms. The topological polar surface area (TPSA) is 35.2 Å². The van der Waals surface area contributed by atoms with Gasteiger partial charge in [0, 0.05) is 9.26 Å². The zero-order valence-corrected chi connectivity index (χ0v) is 11.2. The molecule has 2 aromatic rings. The fourth-order valence-corrected chi connectivity index (χ4v) is 1.82. The first-order valence-corrected chi connectivity index (χ1v) is 6.09. The molecule has 82 valence electrons. The molecule has 2 aromatic carbocycles. The summed E-state index contributed by atoms with van der Waals surface area (Å²) in [5.74, 6) is 1.36. The van der Waals surface area contributed by atoms with Crippen molar-refractivity contribution in [2.75, 3.05) is 5.73 Å². The molecule has 0 saturated carbocycles. The molecule has 0 spiro atoms. The molecule has 0 saturated heterocycles. The highest BCUT2D eigenvalue weighted by molar-refractivity contribution is 14.1. The summed E-state index contributed by atoms with van der Waals surface area (Å²) in [6, 6.07) is 12.9. The number of benzene rings is 2. The molecule has 0 bridgehead atoms. The lowest BCUT2D eigenvalue weighted by atomic mass is 10.3. The monoisotopic (exact) mass is 345 g/mol. The molecule has 0 aliphatic carbocycles. The summed E-state index contributed by atoms with van der Waals surface area (Å²) in [5.41, 5.74) is 6.22. The number of ether oxygens (including phenoxy) is 1. The van der Waals surface area contributed by atoms with Gasteiger partial charge in [0.05, 0.1) is 5.02 Å².